The number of halogens is 1. The van der Waals surface area contributed by atoms with E-state index < -0.39 is 54.4 Å². The largest absolute Gasteiger partial charge is 0.463 e. The molecule has 0 unspecified atom stereocenters. The first kappa shape index (κ1) is 32.6. The molecule has 11 heteroatoms. The molecule has 2 aromatic carbocycles. The van der Waals surface area contributed by atoms with Gasteiger partial charge in [0.1, 0.15) is 18.8 Å². The van der Waals surface area contributed by atoms with Gasteiger partial charge in [-0.05, 0) is 41.3 Å². The minimum Gasteiger partial charge on any atom is -0.463 e. The number of aliphatic hydroxyl groups is 1. The summed E-state index contributed by atoms with van der Waals surface area (Å²) in [6.45, 7) is 4.43. The zero-order valence-corrected chi connectivity index (χ0v) is 24.5. The van der Waals surface area contributed by atoms with Crippen LogP contribution in [0.2, 0.25) is 5.02 Å². The van der Waals surface area contributed by atoms with E-state index in [1.165, 1.54) is 27.7 Å². The molecule has 2 aromatic rings. The monoisotopic (exact) mass is 600 g/mol. The Morgan fingerprint density at radius 2 is 1.48 bits per heavy atom. The predicted molar refractivity (Wildman–Crippen MR) is 150 cm³/mol. The molecule has 10 nitrogen and oxygen atoms in total. The molecule has 1 aliphatic heterocycles. The standard InChI is InChI=1S/C31H33ClO10/c1-18(34)38-17-27-29(39-19(2)35)31(41-21(4)37)30(40-20(3)36)28(42-27)24-12-13-26(32)25(16-24)15-23-10-8-22(9-11-23)7-5-6-14-33/h8-13,16,27-31,33H,6,14-15,17H2,1-4H3/t27-,28+,29-,30+,31+/m1/s1. The molecule has 0 spiro atoms. The lowest BCUT2D eigenvalue weighted by molar-refractivity contribution is -0.254. The first-order valence-corrected chi connectivity index (χ1v) is 13.6. The third-order valence-corrected chi connectivity index (χ3v) is 6.58. The van der Waals surface area contributed by atoms with Crippen LogP contribution in [-0.2, 0) is 49.3 Å². The molecule has 0 bridgehead atoms. The van der Waals surface area contributed by atoms with Crippen molar-refractivity contribution in [3.63, 3.8) is 0 Å². The van der Waals surface area contributed by atoms with Crippen molar-refractivity contribution < 1.29 is 48.0 Å². The van der Waals surface area contributed by atoms with E-state index in [1.807, 2.05) is 24.3 Å². The van der Waals surface area contributed by atoms with Crippen molar-refractivity contribution in [2.75, 3.05) is 13.2 Å². The lowest BCUT2D eigenvalue weighted by atomic mass is 9.89. The van der Waals surface area contributed by atoms with Gasteiger partial charge in [0.15, 0.2) is 18.3 Å². The SMILES string of the molecule is CC(=O)OC[C@H]1O[C@@H](c2ccc(Cl)c(Cc3ccc(C#CCCO)cc3)c2)[C@H](OC(C)=O)[C@@H](OC(C)=O)[C@@H]1OC(C)=O. The summed E-state index contributed by atoms with van der Waals surface area (Å²) in [6, 6.07) is 12.7. The highest BCUT2D eigenvalue weighted by Crippen LogP contribution is 2.39. The maximum absolute atomic E-state index is 12.2. The number of carbonyl (C=O) groups is 4. The van der Waals surface area contributed by atoms with Crippen molar-refractivity contribution in [1.82, 2.24) is 0 Å². The molecule has 42 heavy (non-hydrogen) atoms. The molecule has 0 amide bonds. The van der Waals surface area contributed by atoms with Crippen molar-refractivity contribution in [1.29, 1.82) is 0 Å². The van der Waals surface area contributed by atoms with Gasteiger partial charge in [-0.15, -0.1) is 0 Å². The lowest BCUT2D eigenvalue weighted by Gasteiger charge is -2.44. The van der Waals surface area contributed by atoms with E-state index >= 15 is 0 Å². The summed E-state index contributed by atoms with van der Waals surface area (Å²) in [7, 11) is 0. The van der Waals surface area contributed by atoms with Gasteiger partial charge in [-0.25, -0.2) is 0 Å². The average Bonchev–Trinajstić information content (AvgIpc) is 2.91. The van der Waals surface area contributed by atoms with E-state index in [1.54, 1.807) is 18.2 Å². The minimum atomic E-state index is -1.27. The fourth-order valence-corrected chi connectivity index (χ4v) is 4.73. The normalized spacial score (nSPS) is 21.3. The fourth-order valence-electron chi connectivity index (χ4n) is 4.55. The van der Waals surface area contributed by atoms with Gasteiger partial charge < -0.3 is 28.8 Å². The Bertz CT molecular complexity index is 1340. The second-order valence-electron chi connectivity index (χ2n) is 9.62. The van der Waals surface area contributed by atoms with Crippen molar-refractivity contribution in [3.8, 4) is 11.8 Å². The number of aliphatic hydroxyl groups excluding tert-OH is 1. The predicted octanol–water partition coefficient (Wildman–Crippen LogP) is 3.46. The van der Waals surface area contributed by atoms with E-state index in [0.717, 1.165) is 16.7 Å². The van der Waals surface area contributed by atoms with Gasteiger partial charge >= 0.3 is 23.9 Å². The molecular formula is C31H33ClO10. The fraction of sp³-hybridized carbons (Fsp3) is 0.419. The van der Waals surface area contributed by atoms with Gasteiger partial charge in [-0.2, -0.15) is 0 Å². The maximum atomic E-state index is 12.2. The molecule has 0 aliphatic carbocycles. The molecule has 1 N–H and O–H groups in total. The van der Waals surface area contributed by atoms with Crippen LogP contribution in [0, 0.1) is 11.8 Å². The van der Waals surface area contributed by atoms with Crippen molar-refractivity contribution >= 4 is 35.5 Å². The number of rotatable bonds is 9. The van der Waals surface area contributed by atoms with E-state index in [0.29, 0.717) is 23.4 Å². The zero-order chi connectivity index (χ0) is 30.8. The summed E-state index contributed by atoms with van der Waals surface area (Å²) in [5, 5.41) is 9.39. The van der Waals surface area contributed by atoms with Gasteiger partial charge in [0.25, 0.3) is 0 Å². The second kappa shape index (κ2) is 15.4. The second-order valence-corrected chi connectivity index (χ2v) is 10.0. The molecule has 1 heterocycles. The van der Waals surface area contributed by atoms with E-state index in [-0.39, 0.29) is 13.2 Å². The van der Waals surface area contributed by atoms with Crippen LogP contribution >= 0.6 is 11.6 Å². The molecule has 1 saturated heterocycles. The summed E-state index contributed by atoms with van der Waals surface area (Å²) in [4.78, 5) is 47.9. The highest BCUT2D eigenvalue weighted by molar-refractivity contribution is 6.31. The highest BCUT2D eigenvalue weighted by atomic mass is 35.5. The van der Waals surface area contributed by atoms with Gasteiger partial charge in [-0.3, -0.25) is 19.2 Å². The van der Waals surface area contributed by atoms with Crippen molar-refractivity contribution in [2.45, 2.75) is 71.1 Å². The van der Waals surface area contributed by atoms with Crippen molar-refractivity contribution in [2.24, 2.45) is 0 Å². The quantitative estimate of drug-likeness (QED) is 0.259. The Labute approximate surface area is 249 Å². The van der Waals surface area contributed by atoms with Crippen LogP contribution in [0.25, 0.3) is 0 Å². The smallest absolute Gasteiger partial charge is 0.303 e. The summed E-state index contributed by atoms with van der Waals surface area (Å²) < 4.78 is 28.0. The Morgan fingerprint density at radius 1 is 0.857 bits per heavy atom. The van der Waals surface area contributed by atoms with Crippen molar-refractivity contribution in [3.05, 3.63) is 69.7 Å². The zero-order valence-electron chi connectivity index (χ0n) is 23.8. The van der Waals surface area contributed by atoms with Crippen LogP contribution in [0.15, 0.2) is 42.5 Å². The number of hydrogen-bond donors (Lipinski definition) is 1. The highest BCUT2D eigenvalue weighted by Gasteiger charge is 2.52. The summed E-state index contributed by atoms with van der Waals surface area (Å²) in [5.74, 6) is 3.18. The number of benzene rings is 2. The third kappa shape index (κ3) is 9.31. The van der Waals surface area contributed by atoms with Crippen LogP contribution in [0.5, 0.6) is 0 Å². The van der Waals surface area contributed by atoms with Crippen LogP contribution in [0.1, 0.15) is 62.5 Å². The molecule has 0 aromatic heterocycles. The van der Waals surface area contributed by atoms with E-state index in [4.69, 9.17) is 40.4 Å². The van der Waals surface area contributed by atoms with Crippen LogP contribution in [0.3, 0.4) is 0 Å². The Morgan fingerprint density at radius 3 is 2.07 bits per heavy atom. The number of carbonyl (C=O) groups excluding carboxylic acids is 4. The number of hydrogen-bond acceptors (Lipinski definition) is 10. The molecule has 0 saturated carbocycles. The third-order valence-electron chi connectivity index (χ3n) is 6.21. The average molecular weight is 601 g/mol. The Hall–Kier alpha value is -3.91. The van der Waals surface area contributed by atoms with E-state index in [9.17, 15) is 19.2 Å². The van der Waals surface area contributed by atoms with Gasteiger partial charge in [0, 0.05) is 44.7 Å². The summed E-state index contributed by atoms with van der Waals surface area (Å²) in [6.07, 6.45) is -4.95. The first-order chi connectivity index (χ1) is 20.0. The Kier molecular flexibility index (Phi) is 11.9. The lowest BCUT2D eigenvalue weighted by Crippen LogP contribution is -2.59. The molecule has 3 rings (SSSR count). The maximum Gasteiger partial charge on any atom is 0.303 e. The molecule has 1 fully saturated rings. The molecular weight excluding hydrogens is 568 g/mol. The van der Waals surface area contributed by atoms with Gasteiger partial charge in [-0.1, -0.05) is 47.7 Å². The van der Waals surface area contributed by atoms with Gasteiger partial charge in [0.05, 0.1) is 6.61 Å². The number of ether oxygens (including phenoxy) is 5. The van der Waals surface area contributed by atoms with Crippen LogP contribution in [0.4, 0.5) is 0 Å². The Balaban J connectivity index is 2.01. The van der Waals surface area contributed by atoms with E-state index in [2.05, 4.69) is 11.8 Å². The summed E-state index contributed by atoms with van der Waals surface area (Å²) in [5.41, 5.74) is 3.03. The minimum absolute atomic E-state index is 0.000520. The summed E-state index contributed by atoms with van der Waals surface area (Å²) >= 11 is 6.56. The first-order valence-electron chi connectivity index (χ1n) is 13.3. The molecule has 5 atom stereocenters. The van der Waals surface area contributed by atoms with Crippen LogP contribution in [-0.4, -0.2) is 66.6 Å². The molecule has 1 aliphatic rings. The van der Waals surface area contributed by atoms with Gasteiger partial charge in [0.2, 0.25) is 0 Å². The molecule has 0 radical (unpaired) electrons. The number of esters is 4. The topological polar surface area (TPSA) is 135 Å². The molecule has 224 valence electrons. The van der Waals surface area contributed by atoms with Crippen LogP contribution < -0.4 is 0 Å².